The molecular weight excluding hydrogens is 194 g/mol. The maximum Gasteiger partial charge on any atom is -0.00178 e. The van der Waals surface area contributed by atoms with Gasteiger partial charge in [-0.05, 0) is 43.2 Å². The van der Waals surface area contributed by atoms with Crippen LogP contribution >= 0.6 is 0 Å². The van der Waals surface area contributed by atoms with Crippen molar-refractivity contribution in [1.82, 2.24) is 5.32 Å². The van der Waals surface area contributed by atoms with Gasteiger partial charge in [0, 0.05) is 0 Å². The van der Waals surface area contributed by atoms with Crippen LogP contribution in [-0.2, 0) is 0 Å². The molecule has 0 bridgehead atoms. The fourth-order valence-corrected chi connectivity index (χ4v) is 2.37. The number of rotatable bonds is 9. The van der Waals surface area contributed by atoms with Gasteiger partial charge in [0.05, 0.1) is 0 Å². The SMILES string of the molecule is CCCC(C)C(CNCC(C)C)CC(C)C. The van der Waals surface area contributed by atoms with Crippen molar-refractivity contribution in [2.45, 2.75) is 60.8 Å². The van der Waals surface area contributed by atoms with Gasteiger partial charge < -0.3 is 5.32 Å². The Hall–Kier alpha value is -0.0400. The Balaban J connectivity index is 3.99. The van der Waals surface area contributed by atoms with Gasteiger partial charge in [-0.25, -0.2) is 0 Å². The van der Waals surface area contributed by atoms with Crippen LogP contribution in [0.5, 0.6) is 0 Å². The molecule has 16 heavy (non-hydrogen) atoms. The highest BCUT2D eigenvalue weighted by atomic mass is 14.9. The molecular formula is C15H33N. The fraction of sp³-hybridized carbons (Fsp3) is 1.00. The van der Waals surface area contributed by atoms with E-state index in [9.17, 15) is 0 Å². The summed E-state index contributed by atoms with van der Waals surface area (Å²) in [5.41, 5.74) is 0. The van der Waals surface area contributed by atoms with Gasteiger partial charge >= 0.3 is 0 Å². The molecule has 0 aliphatic rings. The van der Waals surface area contributed by atoms with Crippen LogP contribution in [0.25, 0.3) is 0 Å². The Morgan fingerprint density at radius 2 is 1.50 bits per heavy atom. The summed E-state index contributed by atoms with van der Waals surface area (Å²) >= 11 is 0. The third-order valence-corrected chi connectivity index (χ3v) is 3.28. The Kier molecular flexibility index (Phi) is 9.02. The van der Waals surface area contributed by atoms with Gasteiger partial charge in [-0.2, -0.15) is 0 Å². The van der Waals surface area contributed by atoms with Crippen molar-refractivity contribution in [2.75, 3.05) is 13.1 Å². The van der Waals surface area contributed by atoms with Gasteiger partial charge in [-0.15, -0.1) is 0 Å². The molecule has 2 unspecified atom stereocenters. The molecule has 1 heteroatoms. The van der Waals surface area contributed by atoms with Crippen LogP contribution < -0.4 is 5.32 Å². The lowest BCUT2D eigenvalue weighted by molar-refractivity contribution is 0.270. The van der Waals surface area contributed by atoms with E-state index in [1.165, 1.54) is 25.8 Å². The minimum atomic E-state index is 0.765. The summed E-state index contributed by atoms with van der Waals surface area (Å²) in [7, 11) is 0. The van der Waals surface area contributed by atoms with Crippen LogP contribution in [0.4, 0.5) is 0 Å². The Morgan fingerprint density at radius 3 is 1.94 bits per heavy atom. The normalized spacial score (nSPS) is 15.8. The molecule has 1 N–H and O–H groups in total. The minimum absolute atomic E-state index is 0.765. The lowest BCUT2D eigenvalue weighted by Crippen LogP contribution is -2.30. The van der Waals surface area contributed by atoms with Crippen molar-refractivity contribution in [3.8, 4) is 0 Å². The van der Waals surface area contributed by atoms with Gasteiger partial charge in [0.1, 0.15) is 0 Å². The van der Waals surface area contributed by atoms with Gasteiger partial charge in [0.2, 0.25) is 0 Å². The van der Waals surface area contributed by atoms with E-state index in [1.807, 2.05) is 0 Å². The first-order valence-corrected chi connectivity index (χ1v) is 7.18. The molecule has 2 atom stereocenters. The molecule has 0 spiro atoms. The van der Waals surface area contributed by atoms with Gasteiger partial charge in [0.25, 0.3) is 0 Å². The summed E-state index contributed by atoms with van der Waals surface area (Å²) in [4.78, 5) is 0. The van der Waals surface area contributed by atoms with E-state index in [1.54, 1.807) is 0 Å². The highest BCUT2D eigenvalue weighted by Gasteiger charge is 2.17. The zero-order valence-electron chi connectivity index (χ0n) is 12.3. The Labute approximate surface area is 103 Å². The summed E-state index contributed by atoms with van der Waals surface area (Å²) in [6, 6.07) is 0. The van der Waals surface area contributed by atoms with Crippen LogP contribution in [0.1, 0.15) is 60.8 Å². The predicted octanol–water partition coefficient (Wildman–Crippen LogP) is 4.33. The van der Waals surface area contributed by atoms with Crippen molar-refractivity contribution in [3.05, 3.63) is 0 Å². The first kappa shape index (κ1) is 16.0. The minimum Gasteiger partial charge on any atom is -0.316 e. The summed E-state index contributed by atoms with van der Waals surface area (Å²) < 4.78 is 0. The van der Waals surface area contributed by atoms with Crippen molar-refractivity contribution in [2.24, 2.45) is 23.7 Å². The van der Waals surface area contributed by atoms with Crippen LogP contribution in [-0.4, -0.2) is 13.1 Å². The smallest absolute Gasteiger partial charge is 0.00178 e. The molecule has 0 rings (SSSR count). The molecule has 0 aromatic rings. The van der Waals surface area contributed by atoms with E-state index in [-0.39, 0.29) is 0 Å². The molecule has 0 radical (unpaired) electrons. The van der Waals surface area contributed by atoms with Gasteiger partial charge in [-0.1, -0.05) is 54.4 Å². The molecule has 0 heterocycles. The molecule has 0 aliphatic carbocycles. The highest BCUT2D eigenvalue weighted by molar-refractivity contribution is 4.71. The first-order valence-electron chi connectivity index (χ1n) is 7.18. The second kappa shape index (κ2) is 9.04. The van der Waals surface area contributed by atoms with Crippen molar-refractivity contribution < 1.29 is 0 Å². The molecule has 0 aromatic carbocycles. The molecule has 0 fully saturated rings. The molecule has 0 amide bonds. The van der Waals surface area contributed by atoms with Crippen molar-refractivity contribution >= 4 is 0 Å². The second-order valence-electron chi connectivity index (χ2n) is 6.21. The summed E-state index contributed by atoms with van der Waals surface area (Å²) in [5.74, 6) is 3.32. The molecule has 0 saturated heterocycles. The lowest BCUT2D eigenvalue weighted by Gasteiger charge is -2.26. The number of hydrogen-bond acceptors (Lipinski definition) is 1. The topological polar surface area (TPSA) is 12.0 Å². The molecule has 0 aliphatic heterocycles. The van der Waals surface area contributed by atoms with E-state index >= 15 is 0 Å². The van der Waals surface area contributed by atoms with Crippen molar-refractivity contribution in [3.63, 3.8) is 0 Å². The first-order chi connectivity index (χ1) is 7.47. The molecule has 0 aromatic heterocycles. The maximum atomic E-state index is 3.63. The average Bonchev–Trinajstić information content (AvgIpc) is 2.15. The Morgan fingerprint density at radius 1 is 0.875 bits per heavy atom. The van der Waals surface area contributed by atoms with E-state index in [0.717, 1.165) is 30.2 Å². The fourth-order valence-electron chi connectivity index (χ4n) is 2.37. The third kappa shape index (κ3) is 8.15. The largest absolute Gasteiger partial charge is 0.316 e. The van der Waals surface area contributed by atoms with Gasteiger partial charge in [-0.3, -0.25) is 0 Å². The quantitative estimate of drug-likeness (QED) is 0.618. The number of hydrogen-bond donors (Lipinski definition) is 1. The van der Waals surface area contributed by atoms with E-state index in [2.05, 4.69) is 46.9 Å². The zero-order valence-corrected chi connectivity index (χ0v) is 12.3. The monoisotopic (exact) mass is 227 g/mol. The summed E-state index contributed by atoms with van der Waals surface area (Å²) in [5, 5.41) is 3.63. The highest BCUT2D eigenvalue weighted by Crippen LogP contribution is 2.23. The van der Waals surface area contributed by atoms with Gasteiger partial charge in [0.15, 0.2) is 0 Å². The lowest BCUT2D eigenvalue weighted by atomic mass is 9.84. The predicted molar refractivity (Wildman–Crippen MR) is 74.7 cm³/mol. The average molecular weight is 227 g/mol. The van der Waals surface area contributed by atoms with Crippen LogP contribution in [0.15, 0.2) is 0 Å². The summed E-state index contributed by atoms with van der Waals surface area (Å²) in [6.07, 6.45) is 4.06. The molecule has 1 nitrogen and oxygen atoms in total. The Bertz CT molecular complexity index is 152. The third-order valence-electron chi connectivity index (χ3n) is 3.28. The van der Waals surface area contributed by atoms with Crippen LogP contribution in [0, 0.1) is 23.7 Å². The summed E-state index contributed by atoms with van der Waals surface area (Å²) in [6.45, 7) is 16.3. The van der Waals surface area contributed by atoms with Crippen LogP contribution in [0.3, 0.4) is 0 Å². The molecule has 98 valence electrons. The standard InChI is InChI=1S/C15H33N/c1-7-8-14(6)15(9-12(2)3)11-16-10-13(4)5/h12-16H,7-11H2,1-6H3. The van der Waals surface area contributed by atoms with Crippen molar-refractivity contribution in [1.29, 1.82) is 0 Å². The van der Waals surface area contributed by atoms with E-state index in [0.29, 0.717) is 0 Å². The van der Waals surface area contributed by atoms with E-state index in [4.69, 9.17) is 0 Å². The second-order valence-corrected chi connectivity index (χ2v) is 6.21. The van der Waals surface area contributed by atoms with Crippen LogP contribution in [0.2, 0.25) is 0 Å². The maximum absolute atomic E-state index is 3.63. The van der Waals surface area contributed by atoms with E-state index < -0.39 is 0 Å². The number of nitrogens with one attached hydrogen (secondary N) is 1. The zero-order chi connectivity index (χ0) is 12.6. The molecule has 0 saturated carbocycles.